The Morgan fingerprint density at radius 1 is 0.765 bits per heavy atom. The molecule has 4 aromatic carbocycles. The molecule has 0 bridgehead atoms. The largest absolute Gasteiger partial charge is 0.331 e. The average Bonchev–Trinajstić information content (AvgIpc) is 3.08. The minimum absolute atomic E-state index is 0.0985. The second-order valence-corrected chi connectivity index (χ2v) is 16.1. The number of allylic oxidation sites excluding steroid dienone is 3. The fourth-order valence-corrected chi connectivity index (χ4v) is 7.36. The third-order valence-corrected chi connectivity index (χ3v) is 10.7. The van der Waals surface area contributed by atoms with Crippen molar-refractivity contribution in [1.82, 2.24) is 0 Å². The number of fused-ring (bicyclic) bond motifs is 1. The highest BCUT2D eigenvalue weighted by Gasteiger charge is 2.45. The number of unbranched alkanes of at least 4 members (excludes halogenated alkanes) is 1. The van der Waals surface area contributed by atoms with Crippen molar-refractivity contribution in [1.29, 1.82) is 0 Å². The predicted molar refractivity (Wildman–Crippen MR) is 229 cm³/mol. The molecule has 1 aliphatic heterocycles. The maximum Gasteiger partial charge on any atom is 0.0669 e. The van der Waals surface area contributed by atoms with Crippen LogP contribution in [0.5, 0.6) is 0 Å². The summed E-state index contributed by atoms with van der Waals surface area (Å²) in [7, 11) is 0. The molecule has 1 heteroatoms. The summed E-state index contributed by atoms with van der Waals surface area (Å²) in [6.45, 7) is 33.7. The van der Waals surface area contributed by atoms with Gasteiger partial charge in [0.1, 0.15) is 0 Å². The molecule has 0 N–H and O–H groups in total. The van der Waals surface area contributed by atoms with Gasteiger partial charge in [-0.2, -0.15) is 0 Å². The number of hydrogen-bond acceptors (Lipinski definition) is 1. The van der Waals surface area contributed by atoms with Crippen molar-refractivity contribution in [2.75, 3.05) is 4.90 Å². The molecule has 1 atom stereocenters. The molecular formula is C50H69N. The molecule has 274 valence electrons. The Balaban J connectivity index is 0.000000462. The summed E-state index contributed by atoms with van der Waals surface area (Å²) in [6, 6.07) is 29.5. The van der Waals surface area contributed by atoms with E-state index in [4.69, 9.17) is 0 Å². The van der Waals surface area contributed by atoms with Crippen LogP contribution in [-0.4, -0.2) is 0 Å². The van der Waals surface area contributed by atoms with Gasteiger partial charge in [0.2, 0.25) is 0 Å². The van der Waals surface area contributed by atoms with Crippen molar-refractivity contribution in [2.24, 2.45) is 5.92 Å². The first-order chi connectivity index (χ1) is 24.0. The fourth-order valence-electron chi connectivity index (χ4n) is 7.36. The lowest BCUT2D eigenvalue weighted by molar-refractivity contribution is 0.480. The number of nitrogens with zero attached hydrogens (tertiary/aromatic N) is 1. The van der Waals surface area contributed by atoms with Crippen LogP contribution in [0.15, 0.2) is 96.6 Å². The lowest BCUT2D eigenvalue weighted by Crippen LogP contribution is -2.49. The molecule has 1 aliphatic rings. The standard InChI is InChI=1S/C37H41N.C9H18.C4H10/c1-10-30(28-16-13-14-24(2)21-28)31-19-18-29(36(6,7)32-17-12-11-15-26(32)4)23-33(31)38-34-22-25(3)20-27(5)35(34)37(38,8)9;1-5-9(4)7-6-8(2)3;1-3-4-2/h10-23H,1-9H3;6,9H,5,7H2,1-4H3;3-4H2,1-2H3/b30-10-;;. The fraction of sp³-hybridized carbons (Fsp3) is 0.440. The van der Waals surface area contributed by atoms with Crippen LogP contribution in [0.4, 0.5) is 11.4 Å². The Kier molecular flexibility index (Phi) is 14.7. The smallest absolute Gasteiger partial charge is 0.0669 e. The van der Waals surface area contributed by atoms with Gasteiger partial charge in [0.05, 0.1) is 11.2 Å². The second kappa shape index (κ2) is 18.1. The summed E-state index contributed by atoms with van der Waals surface area (Å²) < 4.78 is 0. The normalized spacial score (nSPS) is 13.9. The molecule has 0 aromatic heterocycles. The van der Waals surface area contributed by atoms with Crippen molar-refractivity contribution >= 4 is 16.9 Å². The summed E-state index contributed by atoms with van der Waals surface area (Å²) in [5.74, 6) is 0.861. The van der Waals surface area contributed by atoms with Gasteiger partial charge in [-0.25, -0.2) is 0 Å². The van der Waals surface area contributed by atoms with Gasteiger partial charge in [0.25, 0.3) is 0 Å². The van der Waals surface area contributed by atoms with Crippen molar-refractivity contribution in [3.8, 4) is 0 Å². The maximum atomic E-state index is 2.58. The molecule has 5 rings (SSSR count). The summed E-state index contributed by atoms with van der Waals surface area (Å²) in [5, 5.41) is 0. The Bertz CT molecular complexity index is 1810. The Morgan fingerprint density at radius 2 is 1.43 bits per heavy atom. The SMILES string of the molecule is C/C=C(/c1cccc(C)c1)c1ccc(C(C)(C)c2ccccc2C)cc1N1c2cc(C)cc(C)c2C1(C)C.CCC(C)CC=C(C)C.CCCC. The van der Waals surface area contributed by atoms with Crippen LogP contribution in [0, 0.1) is 33.6 Å². The number of rotatable bonds is 9. The van der Waals surface area contributed by atoms with Gasteiger partial charge in [-0.3, -0.25) is 0 Å². The van der Waals surface area contributed by atoms with Crippen molar-refractivity contribution < 1.29 is 0 Å². The van der Waals surface area contributed by atoms with Crippen molar-refractivity contribution in [3.05, 3.63) is 147 Å². The van der Waals surface area contributed by atoms with E-state index in [1.165, 1.54) is 98.3 Å². The van der Waals surface area contributed by atoms with Crippen molar-refractivity contribution in [3.63, 3.8) is 0 Å². The van der Waals surface area contributed by atoms with E-state index in [2.05, 4.69) is 200 Å². The molecule has 0 radical (unpaired) electrons. The van der Waals surface area contributed by atoms with Crippen LogP contribution in [0.3, 0.4) is 0 Å². The third kappa shape index (κ3) is 9.73. The summed E-state index contributed by atoms with van der Waals surface area (Å²) in [6.07, 6.45) is 9.77. The lowest BCUT2D eigenvalue weighted by atomic mass is 9.74. The number of hydrogen-bond donors (Lipinski definition) is 0. The van der Waals surface area contributed by atoms with Crippen LogP contribution in [0.2, 0.25) is 0 Å². The quantitative estimate of drug-likeness (QED) is 0.159. The molecule has 51 heavy (non-hydrogen) atoms. The van der Waals surface area contributed by atoms with Crippen LogP contribution in [0.1, 0.15) is 152 Å². The molecule has 4 aromatic rings. The van der Waals surface area contributed by atoms with Crippen LogP contribution in [-0.2, 0) is 11.0 Å². The van der Waals surface area contributed by atoms with E-state index in [9.17, 15) is 0 Å². The number of anilines is 2. The first-order valence-electron chi connectivity index (χ1n) is 19.5. The number of aryl methyl sites for hydroxylation is 4. The molecule has 0 spiro atoms. The Morgan fingerprint density at radius 3 is 2.00 bits per heavy atom. The van der Waals surface area contributed by atoms with Gasteiger partial charge >= 0.3 is 0 Å². The Labute approximate surface area is 313 Å². The van der Waals surface area contributed by atoms with Gasteiger partial charge < -0.3 is 4.90 Å². The van der Waals surface area contributed by atoms with Crippen molar-refractivity contribution in [2.45, 2.75) is 140 Å². The van der Waals surface area contributed by atoms with Gasteiger partial charge in [-0.1, -0.05) is 151 Å². The van der Waals surface area contributed by atoms with Crippen LogP contribution in [0.25, 0.3) is 5.57 Å². The monoisotopic (exact) mass is 684 g/mol. The summed E-state index contributed by atoms with van der Waals surface area (Å²) in [5.41, 5.74) is 17.1. The summed E-state index contributed by atoms with van der Waals surface area (Å²) in [4.78, 5) is 2.58. The van der Waals surface area contributed by atoms with Crippen LogP contribution < -0.4 is 4.90 Å². The average molecular weight is 684 g/mol. The minimum Gasteiger partial charge on any atom is -0.331 e. The van der Waals surface area contributed by atoms with E-state index >= 15 is 0 Å². The van der Waals surface area contributed by atoms with Gasteiger partial charge in [0, 0.05) is 22.2 Å². The molecule has 1 heterocycles. The van der Waals surface area contributed by atoms with Crippen LogP contribution >= 0.6 is 0 Å². The van der Waals surface area contributed by atoms with E-state index in [1.807, 2.05) is 0 Å². The summed E-state index contributed by atoms with van der Waals surface area (Å²) >= 11 is 0. The molecular weight excluding hydrogens is 615 g/mol. The third-order valence-electron chi connectivity index (χ3n) is 10.7. The first-order valence-corrected chi connectivity index (χ1v) is 19.5. The van der Waals surface area contributed by atoms with E-state index in [1.54, 1.807) is 0 Å². The zero-order chi connectivity index (χ0) is 38.1. The van der Waals surface area contributed by atoms with E-state index < -0.39 is 0 Å². The molecule has 1 unspecified atom stereocenters. The number of benzene rings is 4. The molecule has 0 saturated heterocycles. The highest BCUT2D eigenvalue weighted by Crippen LogP contribution is 2.56. The van der Waals surface area contributed by atoms with E-state index in [0.717, 1.165) is 5.92 Å². The molecule has 0 amide bonds. The van der Waals surface area contributed by atoms with Gasteiger partial charge in [-0.05, 0) is 126 Å². The highest BCUT2D eigenvalue weighted by atomic mass is 15.3. The molecule has 1 nitrogen and oxygen atoms in total. The Hall–Kier alpha value is -3.84. The molecule has 0 fully saturated rings. The highest BCUT2D eigenvalue weighted by molar-refractivity contribution is 5.92. The lowest BCUT2D eigenvalue weighted by Gasteiger charge is -2.53. The zero-order valence-corrected chi connectivity index (χ0v) is 35.0. The minimum atomic E-state index is -0.127. The van der Waals surface area contributed by atoms with Gasteiger partial charge in [-0.15, -0.1) is 0 Å². The first kappa shape index (κ1) is 41.6. The molecule has 0 aliphatic carbocycles. The van der Waals surface area contributed by atoms with E-state index in [0.29, 0.717) is 0 Å². The topological polar surface area (TPSA) is 3.24 Å². The van der Waals surface area contributed by atoms with E-state index in [-0.39, 0.29) is 11.0 Å². The predicted octanol–water partition coefficient (Wildman–Crippen LogP) is 15.3. The maximum absolute atomic E-state index is 2.58. The molecule has 0 saturated carbocycles. The van der Waals surface area contributed by atoms with Gasteiger partial charge in [0.15, 0.2) is 0 Å². The second-order valence-electron chi connectivity index (χ2n) is 16.1. The zero-order valence-electron chi connectivity index (χ0n) is 35.0.